The first-order valence-corrected chi connectivity index (χ1v) is 12.0. The Labute approximate surface area is 193 Å². The molecule has 5 atom stereocenters. The van der Waals surface area contributed by atoms with Crippen LogP contribution in [0.5, 0.6) is 0 Å². The van der Waals surface area contributed by atoms with Crippen LogP contribution in [-0.2, 0) is 15.9 Å². The van der Waals surface area contributed by atoms with Crippen molar-refractivity contribution in [2.75, 3.05) is 26.6 Å². The van der Waals surface area contributed by atoms with Gasteiger partial charge in [-0.3, -0.25) is 8.78 Å². The lowest BCUT2D eigenvalue weighted by Gasteiger charge is -2.39. The summed E-state index contributed by atoms with van der Waals surface area (Å²) in [4.78, 5) is 0.878. The topological polar surface area (TPSA) is 76.7 Å². The van der Waals surface area contributed by atoms with Gasteiger partial charge in [-0.05, 0) is 43.5 Å². The number of thioether (sulfide) groups is 1. The summed E-state index contributed by atoms with van der Waals surface area (Å²) < 4.78 is 51.2. The summed E-state index contributed by atoms with van der Waals surface area (Å²) in [7, 11) is 0. The summed E-state index contributed by atoms with van der Waals surface area (Å²) in [6.45, 7) is 5.81. The molecule has 32 heavy (non-hydrogen) atoms. The van der Waals surface area contributed by atoms with Crippen molar-refractivity contribution in [3.05, 3.63) is 29.6 Å². The average Bonchev–Trinajstić information content (AvgIpc) is 2.75. The predicted octanol–water partition coefficient (Wildman–Crippen LogP) is 3.61. The van der Waals surface area contributed by atoms with Crippen molar-refractivity contribution in [3.8, 4) is 0 Å². The molecule has 2 rings (SSSR count). The number of halogens is 3. The Balaban J connectivity index is 1.85. The van der Waals surface area contributed by atoms with Crippen molar-refractivity contribution >= 4 is 11.8 Å². The fourth-order valence-corrected chi connectivity index (χ4v) is 4.45. The molecular weight excluding hydrogens is 441 g/mol. The molecule has 0 spiro atoms. The number of nitrogens with two attached hydrogens (primary N) is 1. The van der Waals surface area contributed by atoms with Crippen molar-refractivity contribution in [2.45, 2.75) is 81.2 Å². The van der Waals surface area contributed by atoms with Gasteiger partial charge in [0.15, 0.2) is 6.29 Å². The van der Waals surface area contributed by atoms with Crippen LogP contribution in [0.15, 0.2) is 23.1 Å². The number of morpholine rings is 1. The Morgan fingerprint density at radius 3 is 2.59 bits per heavy atom. The minimum atomic E-state index is -1.19. The van der Waals surface area contributed by atoms with Crippen molar-refractivity contribution in [3.63, 3.8) is 0 Å². The van der Waals surface area contributed by atoms with E-state index < -0.39 is 43.2 Å². The Hall–Kier alpha value is -0.840. The minimum absolute atomic E-state index is 0.103. The van der Waals surface area contributed by atoms with Gasteiger partial charge in [-0.2, -0.15) is 0 Å². The molecule has 5 nitrogen and oxygen atoms in total. The summed E-state index contributed by atoms with van der Waals surface area (Å²) in [6, 6.07) is 3.74. The second-order valence-electron chi connectivity index (χ2n) is 9.31. The summed E-state index contributed by atoms with van der Waals surface area (Å²) in [5.41, 5.74) is 5.88. The third kappa shape index (κ3) is 8.18. The maximum Gasteiger partial charge on any atom is 0.172 e. The maximum atomic E-state index is 13.9. The highest BCUT2D eigenvalue weighted by Gasteiger charge is 2.36. The van der Waals surface area contributed by atoms with Crippen LogP contribution in [-0.4, -0.2) is 67.4 Å². The van der Waals surface area contributed by atoms with Gasteiger partial charge < -0.3 is 25.6 Å². The van der Waals surface area contributed by atoms with Crippen molar-refractivity contribution in [1.29, 1.82) is 0 Å². The fourth-order valence-electron chi connectivity index (χ4n) is 3.50. The van der Waals surface area contributed by atoms with E-state index in [1.54, 1.807) is 11.8 Å². The zero-order chi connectivity index (χ0) is 23.9. The summed E-state index contributed by atoms with van der Waals surface area (Å²) in [6.07, 6.45) is -0.523. The molecule has 0 radical (unpaired) electrons. The van der Waals surface area contributed by atoms with E-state index in [1.165, 1.54) is 19.1 Å². The summed E-state index contributed by atoms with van der Waals surface area (Å²) in [5, 5.41) is 14.3. The Kier molecular flexibility index (Phi) is 10.8. The van der Waals surface area contributed by atoms with E-state index in [9.17, 15) is 18.3 Å². The van der Waals surface area contributed by atoms with E-state index in [0.29, 0.717) is 18.1 Å². The van der Waals surface area contributed by atoms with E-state index in [2.05, 4.69) is 19.2 Å². The van der Waals surface area contributed by atoms with Gasteiger partial charge in [0.25, 0.3) is 0 Å². The van der Waals surface area contributed by atoms with Crippen molar-refractivity contribution in [1.82, 2.24) is 5.32 Å². The molecular formula is C23H37F3N2O3S. The number of aryl methyl sites for hydroxylation is 1. The van der Waals surface area contributed by atoms with Crippen LogP contribution in [0.25, 0.3) is 0 Å². The average molecular weight is 479 g/mol. The van der Waals surface area contributed by atoms with Crippen LogP contribution in [0.4, 0.5) is 13.2 Å². The zero-order valence-corrected chi connectivity index (χ0v) is 20.1. The number of ether oxygens (including phenoxy) is 2. The Morgan fingerprint density at radius 1 is 1.31 bits per heavy atom. The molecule has 1 saturated heterocycles. The van der Waals surface area contributed by atoms with Crippen LogP contribution in [0.3, 0.4) is 0 Å². The number of aliphatic hydroxyl groups excluding tert-OH is 1. The van der Waals surface area contributed by atoms with Crippen molar-refractivity contribution < 1.29 is 27.8 Å². The lowest BCUT2D eigenvalue weighted by molar-refractivity contribution is -0.205. The lowest BCUT2D eigenvalue weighted by Crippen LogP contribution is -2.61. The molecule has 4 N–H and O–H groups in total. The van der Waals surface area contributed by atoms with Gasteiger partial charge in [0.1, 0.15) is 5.82 Å². The Bertz CT molecular complexity index is 709. The molecule has 1 aromatic rings. The predicted molar refractivity (Wildman–Crippen MR) is 122 cm³/mol. The number of nitrogens with one attached hydrogen (secondary N) is 1. The number of hydrogen-bond acceptors (Lipinski definition) is 6. The van der Waals surface area contributed by atoms with Gasteiger partial charge in [-0.25, -0.2) is 4.39 Å². The number of alkyl halides is 2. The molecule has 1 aliphatic heterocycles. The molecule has 1 aliphatic rings. The molecule has 0 bridgehead atoms. The number of aliphatic hydroxyl groups is 1. The second-order valence-corrected chi connectivity index (χ2v) is 11.0. The minimum Gasteiger partial charge on any atom is -0.390 e. The van der Waals surface area contributed by atoms with Crippen LogP contribution < -0.4 is 11.1 Å². The standard InChI is InChI=1S/C23H37F3N2O3S/c1-14(2)32-18-8-16(7-17(26)9-18)5-6-19(27)21(29)20-10-30-22(15(3)28-20)31-13-23(4,11-24)12-25/h7-9,14-15,19-22,28-29H,5-6,10-13,27H2,1-4H3/t15-,19-,20+,21-,22-/m0/s1. The monoisotopic (exact) mass is 478 g/mol. The quantitative estimate of drug-likeness (QED) is 0.399. The van der Waals surface area contributed by atoms with Gasteiger partial charge >= 0.3 is 0 Å². The van der Waals surface area contributed by atoms with Crippen LogP contribution >= 0.6 is 11.8 Å². The Morgan fingerprint density at radius 2 is 2.00 bits per heavy atom. The van der Waals surface area contributed by atoms with Gasteiger partial charge in [-0.1, -0.05) is 20.8 Å². The number of benzene rings is 1. The van der Waals surface area contributed by atoms with Crippen LogP contribution in [0.1, 0.15) is 39.7 Å². The van der Waals surface area contributed by atoms with E-state index in [4.69, 9.17) is 15.2 Å². The van der Waals surface area contributed by atoms with E-state index >= 15 is 0 Å². The summed E-state index contributed by atoms with van der Waals surface area (Å²) >= 11 is 1.60. The van der Waals surface area contributed by atoms with Crippen molar-refractivity contribution in [2.24, 2.45) is 11.1 Å². The molecule has 0 aromatic heterocycles. The fraction of sp³-hybridized carbons (Fsp3) is 0.739. The van der Waals surface area contributed by atoms with Gasteiger partial charge in [0.2, 0.25) is 0 Å². The van der Waals surface area contributed by atoms with Gasteiger partial charge in [-0.15, -0.1) is 11.8 Å². The zero-order valence-electron chi connectivity index (χ0n) is 19.3. The van der Waals surface area contributed by atoms with Crippen LogP contribution in [0.2, 0.25) is 0 Å². The first kappa shape index (κ1) is 27.4. The second kappa shape index (κ2) is 12.6. The summed E-state index contributed by atoms with van der Waals surface area (Å²) in [5.74, 6) is -0.279. The third-order valence-corrected chi connectivity index (χ3v) is 6.47. The smallest absolute Gasteiger partial charge is 0.172 e. The van der Waals surface area contributed by atoms with E-state index in [1.807, 2.05) is 13.0 Å². The first-order chi connectivity index (χ1) is 15.1. The molecule has 0 amide bonds. The molecule has 9 heteroatoms. The lowest BCUT2D eigenvalue weighted by atomic mass is 9.95. The molecule has 184 valence electrons. The highest BCUT2D eigenvalue weighted by Crippen LogP contribution is 2.26. The van der Waals surface area contributed by atoms with Gasteiger partial charge in [0.05, 0.1) is 44.8 Å². The third-order valence-electron chi connectivity index (χ3n) is 5.49. The van der Waals surface area contributed by atoms with E-state index in [0.717, 1.165) is 10.5 Å². The molecule has 1 fully saturated rings. The first-order valence-electron chi connectivity index (χ1n) is 11.1. The SMILES string of the molecule is CC(C)Sc1cc(F)cc(CC[C@H](N)[C@H](O)[C@H]2CO[C@@H](OCC(C)(CF)CF)[C@H](C)N2)c1. The molecule has 0 saturated carbocycles. The van der Waals surface area contributed by atoms with E-state index in [-0.39, 0.29) is 25.1 Å². The molecule has 1 heterocycles. The van der Waals surface area contributed by atoms with Crippen LogP contribution in [0, 0.1) is 11.2 Å². The number of rotatable bonds is 12. The normalized spacial score (nSPS) is 24.0. The highest BCUT2D eigenvalue weighted by molar-refractivity contribution is 7.99. The maximum absolute atomic E-state index is 13.9. The van der Waals surface area contributed by atoms with Gasteiger partial charge in [0, 0.05) is 21.6 Å². The molecule has 0 aliphatic carbocycles. The molecule has 1 aromatic carbocycles. The highest BCUT2D eigenvalue weighted by atomic mass is 32.2. The molecule has 0 unspecified atom stereocenters. The largest absolute Gasteiger partial charge is 0.390 e. The number of hydrogen-bond donors (Lipinski definition) is 3.